The zero-order chi connectivity index (χ0) is 46.6. The number of likely N-dealkylation sites (tertiary alicyclic amines) is 1. The number of hydroxylamine groups is 2. The van der Waals surface area contributed by atoms with Crippen LogP contribution >= 0.6 is 11.3 Å². The molecule has 0 radical (unpaired) electrons. The van der Waals surface area contributed by atoms with Crippen LogP contribution in [0.5, 0.6) is 0 Å². The molecule has 5 atom stereocenters. The first kappa shape index (κ1) is 47.5. The third-order valence-electron chi connectivity index (χ3n) is 12.5. The van der Waals surface area contributed by atoms with E-state index in [4.69, 9.17) is 4.52 Å². The molecule has 2 aliphatic heterocycles. The Labute approximate surface area is 385 Å². The van der Waals surface area contributed by atoms with E-state index in [1.54, 1.807) is 28.2 Å². The second-order valence-electron chi connectivity index (χ2n) is 18.3. The molecule has 65 heavy (non-hydrogen) atoms. The minimum atomic E-state index is -1.10. The predicted molar refractivity (Wildman–Crippen MR) is 252 cm³/mol. The molecule has 2 aliphatic rings. The first-order chi connectivity index (χ1) is 31.0. The molecule has 4 N–H and O–H groups in total. The predicted octanol–water partition coefficient (Wildman–Crippen LogP) is 6.57. The highest BCUT2D eigenvalue weighted by atomic mass is 32.1. The van der Waals surface area contributed by atoms with Crippen molar-refractivity contribution in [1.82, 2.24) is 35.6 Å². The Kier molecular flexibility index (Phi) is 14.9. The van der Waals surface area contributed by atoms with Gasteiger partial charge in [-0.2, -0.15) is 0 Å². The van der Waals surface area contributed by atoms with Crippen molar-refractivity contribution in [2.45, 2.75) is 97.7 Å². The van der Waals surface area contributed by atoms with Crippen LogP contribution in [0.1, 0.15) is 79.9 Å². The van der Waals surface area contributed by atoms with Gasteiger partial charge in [-0.25, -0.2) is 9.78 Å². The third kappa shape index (κ3) is 10.8. The number of aromatic nitrogens is 2. The fraction of sp³-hybridized carbons (Fsp3) is 0.449. The summed E-state index contributed by atoms with van der Waals surface area (Å²) in [6.45, 7) is 12.0. The van der Waals surface area contributed by atoms with Crippen molar-refractivity contribution in [3.8, 4) is 21.6 Å². The third-order valence-corrected chi connectivity index (χ3v) is 13.5. The lowest BCUT2D eigenvalue weighted by atomic mass is 9.85. The number of urea groups is 1. The van der Waals surface area contributed by atoms with Crippen molar-refractivity contribution < 1.29 is 29.1 Å². The van der Waals surface area contributed by atoms with Gasteiger partial charge in [0.15, 0.2) is 0 Å². The van der Waals surface area contributed by atoms with Crippen molar-refractivity contribution in [2.75, 3.05) is 44.7 Å². The number of benzene rings is 3. The maximum absolute atomic E-state index is 14.2. The molecule has 0 saturated carbocycles. The highest BCUT2D eigenvalue weighted by Gasteiger charge is 2.44. The number of carbonyl (C=O) groups excluding carboxylic acids is 3. The number of thiazole rings is 1. The summed E-state index contributed by atoms with van der Waals surface area (Å²) in [4.78, 5) is 51.8. The van der Waals surface area contributed by atoms with Crippen LogP contribution in [-0.2, 0) is 16.0 Å². The molecular weight excluding hydrogens is 845 g/mol. The Morgan fingerprint density at radius 1 is 1.02 bits per heavy atom. The lowest BCUT2D eigenvalue weighted by molar-refractivity contribution is -0.142. The summed E-state index contributed by atoms with van der Waals surface area (Å²) in [5.74, 6) is -0.0823. The minimum absolute atomic E-state index is 0.00445. The summed E-state index contributed by atoms with van der Waals surface area (Å²) in [5.41, 5.74) is 9.49. The monoisotopic (exact) mass is 905 g/mol. The van der Waals surface area contributed by atoms with E-state index in [2.05, 4.69) is 51.1 Å². The molecule has 0 aliphatic carbocycles. The number of anilines is 1. The summed E-state index contributed by atoms with van der Waals surface area (Å²) in [6.07, 6.45) is -0.873. The van der Waals surface area contributed by atoms with Crippen LogP contribution in [0.4, 0.5) is 10.5 Å². The van der Waals surface area contributed by atoms with Gasteiger partial charge in [-0.1, -0.05) is 86.6 Å². The van der Waals surface area contributed by atoms with Gasteiger partial charge < -0.3 is 40.1 Å². The molecule has 346 valence electrons. The van der Waals surface area contributed by atoms with E-state index in [9.17, 15) is 29.8 Å². The van der Waals surface area contributed by atoms with Crippen molar-refractivity contribution in [3.63, 3.8) is 0 Å². The van der Waals surface area contributed by atoms with E-state index in [0.717, 1.165) is 60.4 Å². The average molecular weight is 906 g/mol. The number of nitrogens with one attached hydrogen (secondary N) is 2. The zero-order valence-corrected chi connectivity index (χ0v) is 39.1. The second kappa shape index (κ2) is 20.4. The molecule has 15 nitrogen and oxygen atoms in total. The standard InChI is InChI=1S/C49H61N8O7S/c1-30-42(32(3)64-53-30)36-19-20-39-38(26-36)43(34-12-9-8-10-13-34)56(48(62)54(39)7)25-24-55(63)23-11-14-41(59)52-45(49(4,5)6)47(61)57-28-37(58)27-40(57)46(60)50-22-21-33-15-17-35(18-16-33)44-31(2)51-29-65-44/h8-10,12-13,15-20,26,29,37,40,43,45-46,50,58,60H,11,14,21-25,27-28H2,1-7H3,(H,52,59)/q-1/t37-,40+,43?,45-,46?/m1/s1. The number of aliphatic hydroxyl groups is 2. The highest BCUT2D eigenvalue weighted by Crippen LogP contribution is 2.43. The Morgan fingerprint density at radius 2 is 1.74 bits per heavy atom. The SMILES string of the molecule is Cc1ncsc1-c1ccc(CCNC(O)[C@@H]2C[C@@H](O)CN2C(=O)[C@@H](NC(=O)CCCN([O-])CCN2C(=O)N(C)c3ccc(-c4c(C)noc4C)cc3C2c2ccccc2)C(C)(C)C)cc1. The summed E-state index contributed by atoms with van der Waals surface area (Å²) >= 11 is 1.60. The highest BCUT2D eigenvalue weighted by molar-refractivity contribution is 7.13. The zero-order valence-electron chi connectivity index (χ0n) is 38.3. The molecule has 1 fully saturated rings. The van der Waals surface area contributed by atoms with E-state index < -0.39 is 41.8 Å². The molecule has 2 unspecified atom stereocenters. The van der Waals surface area contributed by atoms with Gasteiger partial charge >= 0.3 is 6.03 Å². The molecule has 4 amide bonds. The summed E-state index contributed by atoms with van der Waals surface area (Å²) < 4.78 is 5.46. The Hall–Kier alpha value is -5.49. The molecule has 0 bridgehead atoms. The molecule has 0 spiro atoms. The van der Waals surface area contributed by atoms with E-state index in [-0.39, 0.29) is 57.4 Å². The van der Waals surface area contributed by atoms with Gasteiger partial charge in [-0.3, -0.25) is 19.8 Å². The number of aryl methyl sites for hydroxylation is 3. The van der Waals surface area contributed by atoms with Crippen LogP contribution in [0.25, 0.3) is 21.6 Å². The number of rotatable bonds is 17. The summed E-state index contributed by atoms with van der Waals surface area (Å²) in [7, 11) is 1.73. The maximum atomic E-state index is 14.2. The van der Waals surface area contributed by atoms with Crippen molar-refractivity contribution in [3.05, 3.63) is 117 Å². The normalized spacial score (nSPS) is 18.6. The Morgan fingerprint density at radius 3 is 2.40 bits per heavy atom. The number of hydrogen-bond donors (Lipinski definition) is 4. The second-order valence-corrected chi connectivity index (χ2v) is 19.1. The summed E-state index contributed by atoms with van der Waals surface area (Å²) in [5, 5.41) is 46.3. The summed E-state index contributed by atoms with van der Waals surface area (Å²) in [6, 6.07) is 21.6. The van der Waals surface area contributed by atoms with Crippen LogP contribution in [0.3, 0.4) is 0 Å². The topological polar surface area (TPSA) is 191 Å². The first-order valence-corrected chi connectivity index (χ1v) is 23.2. The van der Waals surface area contributed by atoms with Crippen molar-refractivity contribution >= 4 is 34.9 Å². The molecule has 16 heteroatoms. The largest absolute Gasteiger partial charge is 0.785 e. The lowest BCUT2D eigenvalue weighted by Gasteiger charge is -2.43. The Bertz CT molecular complexity index is 2410. The van der Waals surface area contributed by atoms with Gasteiger partial charge in [0, 0.05) is 50.8 Å². The van der Waals surface area contributed by atoms with E-state index >= 15 is 0 Å². The molecule has 1 saturated heterocycles. The molecular formula is C49H61N8O7S-. The lowest BCUT2D eigenvalue weighted by Crippen LogP contribution is -2.58. The van der Waals surface area contributed by atoms with Crippen LogP contribution in [0, 0.1) is 31.4 Å². The number of β-amino-alcohol motifs (C(OH)–C–C–N with tert-alkyl or cyclic N) is 1. The molecule has 2 aromatic heterocycles. The van der Waals surface area contributed by atoms with Crippen molar-refractivity contribution in [1.29, 1.82) is 0 Å². The van der Waals surface area contributed by atoms with Crippen LogP contribution in [0.2, 0.25) is 0 Å². The van der Waals surface area contributed by atoms with Gasteiger partial charge in [0.25, 0.3) is 0 Å². The van der Waals surface area contributed by atoms with Crippen LogP contribution in [0.15, 0.2) is 82.8 Å². The smallest absolute Gasteiger partial charge is 0.325 e. The quantitative estimate of drug-likeness (QED) is 0.0583. The Balaban J connectivity index is 0.930. The van der Waals surface area contributed by atoms with Gasteiger partial charge in [0.05, 0.1) is 45.7 Å². The van der Waals surface area contributed by atoms with E-state index in [1.807, 2.05) is 89.5 Å². The van der Waals surface area contributed by atoms with Gasteiger partial charge in [0.1, 0.15) is 18.0 Å². The van der Waals surface area contributed by atoms with Crippen molar-refractivity contribution in [2.24, 2.45) is 5.41 Å². The van der Waals surface area contributed by atoms with E-state index in [1.165, 1.54) is 4.90 Å². The van der Waals surface area contributed by atoms with Gasteiger partial charge in [0.2, 0.25) is 11.8 Å². The van der Waals surface area contributed by atoms with Crippen LogP contribution < -0.4 is 15.5 Å². The molecule has 4 heterocycles. The number of carbonyl (C=O) groups is 3. The van der Waals surface area contributed by atoms with Gasteiger partial charge in [-0.15, -0.1) is 11.3 Å². The minimum Gasteiger partial charge on any atom is -0.785 e. The van der Waals surface area contributed by atoms with E-state index in [0.29, 0.717) is 18.7 Å². The van der Waals surface area contributed by atoms with Gasteiger partial charge in [-0.05, 0) is 86.4 Å². The number of hydrogen-bond acceptors (Lipinski definition) is 12. The fourth-order valence-electron chi connectivity index (χ4n) is 9.02. The average Bonchev–Trinajstić information content (AvgIpc) is 4.00. The fourth-order valence-corrected chi connectivity index (χ4v) is 9.83. The molecule has 3 aromatic carbocycles. The van der Waals surface area contributed by atoms with Crippen LogP contribution in [-0.4, -0.2) is 117 Å². The first-order valence-electron chi connectivity index (χ1n) is 22.3. The maximum Gasteiger partial charge on any atom is 0.325 e. The number of fused-ring (bicyclic) bond motifs is 1. The molecule has 7 rings (SSSR count). The number of amides is 4. The number of aliphatic hydroxyl groups excluding tert-OH is 2. The number of nitrogens with zero attached hydrogens (tertiary/aromatic N) is 6. The molecule has 5 aromatic rings.